The van der Waals surface area contributed by atoms with E-state index in [0.29, 0.717) is 24.6 Å². The second-order valence-electron chi connectivity index (χ2n) is 12.5. The van der Waals surface area contributed by atoms with Gasteiger partial charge in [-0.1, -0.05) is 54.9 Å². The van der Waals surface area contributed by atoms with Crippen LogP contribution in [0, 0.1) is 5.92 Å². The van der Waals surface area contributed by atoms with Gasteiger partial charge in [0, 0.05) is 18.4 Å². The van der Waals surface area contributed by atoms with E-state index in [1.807, 2.05) is 43.3 Å². The zero-order valence-corrected chi connectivity index (χ0v) is 23.9. The number of fused-ring (bicyclic) bond motifs is 3. The van der Waals surface area contributed by atoms with Gasteiger partial charge in [-0.3, -0.25) is 0 Å². The molecule has 3 aliphatic rings. The number of aliphatic hydroxyl groups is 2. The topological polar surface area (TPSA) is 91.8 Å². The largest absolute Gasteiger partial charge is 0.485 e. The molecule has 40 heavy (non-hydrogen) atoms. The molecule has 1 unspecified atom stereocenters. The Balaban J connectivity index is 1.15. The van der Waals surface area contributed by atoms with Crippen molar-refractivity contribution in [3.8, 4) is 5.75 Å². The van der Waals surface area contributed by atoms with Crippen molar-refractivity contribution in [2.24, 2.45) is 5.92 Å². The van der Waals surface area contributed by atoms with Gasteiger partial charge in [0.1, 0.15) is 11.4 Å². The molecule has 0 spiro atoms. The molecule has 1 saturated carbocycles. The first-order valence-corrected chi connectivity index (χ1v) is 15.1. The number of ether oxygens (including phenoxy) is 1. The van der Waals surface area contributed by atoms with Gasteiger partial charge in [0.2, 0.25) is 11.7 Å². The van der Waals surface area contributed by atoms with Crippen LogP contribution in [-0.4, -0.2) is 50.5 Å². The Kier molecular flexibility index (Phi) is 7.49. The van der Waals surface area contributed by atoms with Crippen LogP contribution in [0.2, 0.25) is 0 Å². The van der Waals surface area contributed by atoms with Crippen molar-refractivity contribution >= 4 is 0 Å². The van der Waals surface area contributed by atoms with E-state index in [4.69, 9.17) is 9.26 Å². The van der Waals surface area contributed by atoms with Crippen LogP contribution in [0.15, 0.2) is 53.1 Å². The molecular weight excluding hydrogens is 502 g/mol. The Hall–Kier alpha value is -2.74. The number of rotatable bonds is 8. The molecule has 0 amide bonds. The van der Waals surface area contributed by atoms with Gasteiger partial charge in [-0.15, -0.1) is 0 Å². The van der Waals surface area contributed by atoms with E-state index in [-0.39, 0.29) is 17.9 Å². The van der Waals surface area contributed by atoms with E-state index in [2.05, 4.69) is 34.1 Å². The molecule has 2 aromatic carbocycles. The Morgan fingerprint density at radius 3 is 2.65 bits per heavy atom. The SMILES string of the molecule is CC[C@@]12CC(C)(O)[C@](O)(c3ccccc3)C[C@H]1CCc1cc(OCc3noc(CCN4CCCCC4)n3)ccc12. The van der Waals surface area contributed by atoms with Crippen LogP contribution >= 0.6 is 0 Å². The standard InChI is InChI=1S/C33H43N3O4/c1-3-32-23-31(2,37)33(38,25-10-6-4-7-11-25)21-26(32)13-12-24-20-27(14-15-28(24)32)39-22-29-34-30(40-35-29)16-19-36-17-8-5-9-18-36/h4,6-7,10-11,14-15,20,26,37-38H,3,5,8-9,12-13,16-19,21-23H2,1-2H3/t26-,31?,32-,33-/m1/s1. The number of piperidine rings is 1. The minimum absolute atomic E-state index is 0.187. The lowest BCUT2D eigenvalue weighted by Crippen LogP contribution is -2.62. The average molecular weight is 546 g/mol. The summed E-state index contributed by atoms with van der Waals surface area (Å²) in [4.78, 5) is 7.02. The summed E-state index contributed by atoms with van der Waals surface area (Å²) in [7, 11) is 0. The second-order valence-corrected chi connectivity index (χ2v) is 12.5. The quantitative estimate of drug-likeness (QED) is 0.396. The number of hydrogen-bond acceptors (Lipinski definition) is 7. The minimum atomic E-state index is -1.27. The van der Waals surface area contributed by atoms with Gasteiger partial charge in [0.05, 0.1) is 5.60 Å². The Labute approximate surface area is 237 Å². The van der Waals surface area contributed by atoms with Crippen LogP contribution in [-0.2, 0) is 30.5 Å². The molecule has 2 N–H and O–H groups in total. The summed E-state index contributed by atoms with van der Waals surface area (Å²) in [6, 6.07) is 16.1. The molecule has 7 nitrogen and oxygen atoms in total. The van der Waals surface area contributed by atoms with Gasteiger partial charge in [-0.25, -0.2) is 0 Å². The molecular formula is C33H43N3O4. The summed E-state index contributed by atoms with van der Waals surface area (Å²) in [5.74, 6) is 2.32. The molecule has 7 heteroatoms. The van der Waals surface area contributed by atoms with Gasteiger partial charge >= 0.3 is 0 Å². The first kappa shape index (κ1) is 27.4. The van der Waals surface area contributed by atoms with Crippen molar-refractivity contribution in [1.82, 2.24) is 15.0 Å². The van der Waals surface area contributed by atoms with Gasteiger partial charge < -0.3 is 24.4 Å². The highest BCUT2D eigenvalue weighted by atomic mass is 16.5. The number of aryl methyl sites for hydroxylation is 1. The number of nitrogens with zero attached hydrogens (tertiary/aromatic N) is 3. The number of hydrogen-bond donors (Lipinski definition) is 2. The van der Waals surface area contributed by atoms with Crippen molar-refractivity contribution < 1.29 is 19.5 Å². The molecule has 214 valence electrons. The predicted octanol–water partition coefficient (Wildman–Crippen LogP) is 5.32. The summed E-state index contributed by atoms with van der Waals surface area (Å²) in [6.45, 7) is 7.58. The van der Waals surface area contributed by atoms with Crippen LogP contribution in [0.4, 0.5) is 0 Å². The van der Waals surface area contributed by atoms with Crippen LogP contribution < -0.4 is 4.74 Å². The van der Waals surface area contributed by atoms with E-state index >= 15 is 0 Å². The van der Waals surface area contributed by atoms with Crippen LogP contribution in [0.5, 0.6) is 5.75 Å². The zero-order valence-electron chi connectivity index (χ0n) is 23.9. The Bertz CT molecular complexity index is 1300. The van der Waals surface area contributed by atoms with Crippen LogP contribution in [0.3, 0.4) is 0 Å². The molecule has 1 aromatic heterocycles. The maximum atomic E-state index is 11.9. The second kappa shape index (κ2) is 10.9. The molecule has 0 radical (unpaired) electrons. The highest BCUT2D eigenvalue weighted by Crippen LogP contribution is 2.60. The maximum Gasteiger partial charge on any atom is 0.228 e. The predicted molar refractivity (Wildman–Crippen MR) is 153 cm³/mol. The van der Waals surface area contributed by atoms with E-state index in [1.165, 1.54) is 30.4 Å². The first-order chi connectivity index (χ1) is 19.3. The van der Waals surface area contributed by atoms with Crippen molar-refractivity contribution in [1.29, 1.82) is 0 Å². The summed E-state index contributed by atoms with van der Waals surface area (Å²) in [5.41, 5.74) is 0.647. The Morgan fingerprint density at radius 2 is 1.88 bits per heavy atom. The summed E-state index contributed by atoms with van der Waals surface area (Å²) < 4.78 is 11.6. The molecule has 1 saturated heterocycles. The highest BCUT2D eigenvalue weighted by molar-refractivity contribution is 5.45. The molecule has 6 rings (SSSR count). The summed E-state index contributed by atoms with van der Waals surface area (Å²) >= 11 is 0. The van der Waals surface area contributed by atoms with Crippen molar-refractivity contribution in [2.75, 3.05) is 19.6 Å². The summed E-state index contributed by atoms with van der Waals surface area (Å²) in [6.07, 6.45) is 8.54. The fourth-order valence-electron chi connectivity index (χ4n) is 7.83. The smallest absolute Gasteiger partial charge is 0.228 e. The van der Waals surface area contributed by atoms with Crippen LogP contribution in [0.1, 0.15) is 87.2 Å². The van der Waals surface area contributed by atoms with Crippen molar-refractivity contribution in [2.45, 2.75) is 94.9 Å². The lowest BCUT2D eigenvalue weighted by atomic mass is 9.49. The average Bonchev–Trinajstić information content (AvgIpc) is 3.44. The third-order valence-electron chi connectivity index (χ3n) is 10.1. The van der Waals surface area contributed by atoms with E-state index in [0.717, 1.165) is 56.6 Å². The Morgan fingerprint density at radius 1 is 1.07 bits per heavy atom. The number of aromatic nitrogens is 2. The number of benzene rings is 2. The molecule has 3 aromatic rings. The summed E-state index contributed by atoms with van der Waals surface area (Å²) in [5, 5.41) is 27.8. The molecule has 4 atom stereocenters. The van der Waals surface area contributed by atoms with Crippen molar-refractivity contribution in [3.05, 3.63) is 76.9 Å². The fraction of sp³-hybridized carbons (Fsp3) is 0.576. The first-order valence-electron chi connectivity index (χ1n) is 15.1. The van der Waals surface area contributed by atoms with E-state index < -0.39 is 11.2 Å². The van der Waals surface area contributed by atoms with Gasteiger partial charge in [-0.2, -0.15) is 4.98 Å². The van der Waals surface area contributed by atoms with Gasteiger partial charge in [-0.05, 0) is 99.7 Å². The van der Waals surface area contributed by atoms with E-state index in [9.17, 15) is 10.2 Å². The lowest BCUT2D eigenvalue weighted by Gasteiger charge is -2.59. The zero-order chi connectivity index (χ0) is 27.8. The maximum absolute atomic E-state index is 11.9. The molecule has 2 aliphatic carbocycles. The minimum Gasteiger partial charge on any atom is -0.485 e. The van der Waals surface area contributed by atoms with Gasteiger partial charge in [0.25, 0.3) is 0 Å². The number of likely N-dealkylation sites (tertiary alicyclic amines) is 1. The fourth-order valence-corrected chi connectivity index (χ4v) is 7.83. The lowest BCUT2D eigenvalue weighted by molar-refractivity contribution is -0.205. The highest BCUT2D eigenvalue weighted by Gasteiger charge is 2.60. The monoisotopic (exact) mass is 545 g/mol. The molecule has 0 bridgehead atoms. The molecule has 2 fully saturated rings. The molecule has 1 aliphatic heterocycles. The molecule has 2 heterocycles. The van der Waals surface area contributed by atoms with Crippen LogP contribution in [0.25, 0.3) is 0 Å². The normalized spacial score (nSPS) is 30.4. The van der Waals surface area contributed by atoms with Crippen molar-refractivity contribution in [3.63, 3.8) is 0 Å². The van der Waals surface area contributed by atoms with E-state index in [1.54, 1.807) is 0 Å². The third-order valence-corrected chi connectivity index (χ3v) is 10.1. The van der Waals surface area contributed by atoms with Gasteiger partial charge in [0.15, 0.2) is 6.61 Å². The third kappa shape index (κ3) is 4.97.